The minimum Gasteiger partial charge on any atom is -0.288 e. The summed E-state index contributed by atoms with van der Waals surface area (Å²) in [5.74, 6) is -6.89. The SMILES string of the molecule is O=C(c1cc(F)c(F)c(F)c1)C(F)F. The van der Waals surface area contributed by atoms with E-state index in [0.717, 1.165) is 0 Å². The van der Waals surface area contributed by atoms with Crippen molar-refractivity contribution < 1.29 is 26.7 Å². The molecule has 0 atom stereocenters. The highest BCUT2D eigenvalue weighted by atomic mass is 19.3. The van der Waals surface area contributed by atoms with Crippen LogP contribution in [0.1, 0.15) is 10.4 Å². The summed E-state index contributed by atoms with van der Waals surface area (Å²) >= 11 is 0. The Morgan fingerprint density at radius 2 is 1.50 bits per heavy atom. The number of rotatable bonds is 2. The largest absolute Gasteiger partial charge is 0.300 e. The molecule has 0 saturated carbocycles. The van der Waals surface area contributed by atoms with Gasteiger partial charge in [-0.2, -0.15) is 0 Å². The van der Waals surface area contributed by atoms with Crippen molar-refractivity contribution in [3.05, 3.63) is 35.1 Å². The van der Waals surface area contributed by atoms with E-state index in [4.69, 9.17) is 0 Å². The lowest BCUT2D eigenvalue weighted by molar-refractivity contribution is 0.0677. The summed E-state index contributed by atoms with van der Waals surface area (Å²) in [5.41, 5.74) is -0.892. The van der Waals surface area contributed by atoms with Gasteiger partial charge in [-0.15, -0.1) is 0 Å². The van der Waals surface area contributed by atoms with Crippen molar-refractivity contribution in [3.63, 3.8) is 0 Å². The highest BCUT2D eigenvalue weighted by Gasteiger charge is 2.21. The molecule has 0 radical (unpaired) electrons. The van der Waals surface area contributed by atoms with Crippen molar-refractivity contribution in [2.45, 2.75) is 6.43 Å². The molecule has 0 amide bonds. The Balaban J connectivity index is 3.19. The number of carbonyl (C=O) groups excluding carboxylic acids is 1. The summed E-state index contributed by atoms with van der Waals surface area (Å²) in [6.07, 6.45) is -3.38. The smallest absolute Gasteiger partial charge is 0.288 e. The van der Waals surface area contributed by atoms with Crippen LogP contribution in [0.25, 0.3) is 0 Å². The van der Waals surface area contributed by atoms with Crippen LogP contribution in [0.5, 0.6) is 0 Å². The Morgan fingerprint density at radius 1 is 1.07 bits per heavy atom. The van der Waals surface area contributed by atoms with Crippen molar-refractivity contribution in [1.82, 2.24) is 0 Å². The molecule has 0 bridgehead atoms. The molecule has 0 aliphatic rings. The summed E-state index contributed by atoms with van der Waals surface area (Å²) in [4.78, 5) is 10.6. The van der Waals surface area contributed by atoms with Crippen molar-refractivity contribution >= 4 is 5.78 Å². The van der Waals surface area contributed by atoms with Crippen molar-refractivity contribution in [1.29, 1.82) is 0 Å². The lowest BCUT2D eigenvalue weighted by atomic mass is 10.1. The molecule has 76 valence electrons. The van der Waals surface area contributed by atoms with Crippen LogP contribution in [0.4, 0.5) is 22.0 Å². The van der Waals surface area contributed by atoms with E-state index in [9.17, 15) is 26.7 Å². The van der Waals surface area contributed by atoms with Gasteiger partial charge in [0.25, 0.3) is 0 Å². The monoisotopic (exact) mass is 210 g/mol. The molecule has 0 aromatic heterocycles. The number of ketones is 1. The van der Waals surface area contributed by atoms with Gasteiger partial charge < -0.3 is 0 Å². The van der Waals surface area contributed by atoms with E-state index in [1.807, 2.05) is 0 Å². The van der Waals surface area contributed by atoms with E-state index >= 15 is 0 Å². The second-order valence-corrected chi connectivity index (χ2v) is 2.42. The second-order valence-electron chi connectivity index (χ2n) is 2.42. The molecule has 0 unspecified atom stereocenters. The zero-order valence-corrected chi connectivity index (χ0v) is 6.53. The zero-order chi connectivity index (χ0) is 10.9. The Bertz CT molecular complexity index is 351. The second kappa shape index (κ2) is 3.73. The predicted octanol–water partition coefficient (Wildman–Crippen LogP) is 2.55. The van der Waals surface area contributed by atoms with Crippen LogP contribution < -0.4 is 0 Å². The number of halogens is 5. The number of hydrogen-bond donors (Lipinski definition) is 0. The average molecular weight is 210 g/mol. The van der Waals surface area contributed by atoms with Crippen LogP contribution in [0, 0.1) is 17.5 Å². The van der Waals surface area contributed by atoms with E-state index in [-0.39, 0.29) is 12.1 Å². The molecule has 6 heteroatoms. The molecule has 0 saturated heterocycles. The van der Waals surface area contributed by atoms with Crippen LogP contribution in [-0.2, 0) is 0 Å². The van der Waals surface area contributed by atoms with Gasteiger partial charge in [-0.05, 0) is 12.1 Å². The number of alkyl halides is 2. The first kappa shape index (κ1) is 10.6. The Hall–Kier alpha value is -1.46. The fourth-order valence-electron chi connectivity index (χ4n) is 0.824. The highest BCUT2D eigenvalue weighted by Crippen LogP contribution is 2.16. The summed E-state index contributed by atoms with van der Waals surface area (Å²) in [6, 6.07) is 0.458. The molecule has 0 aliphatic carbocycles. The lowest BCUT2D eigenvalue weighted by Crippen LogP contribution is -2.11. The van der Waals surface area contributed by atoms with Gasteiger partial charge in [0.15, 0.2) is 17.5 Å². The van der Waals surface area contributed by atoms with E-state index in [0.29, 0.717) is 0 Å². The molecule has 1 nitrogen and oxygen atoms in total. The third-order valence-corrected chi connectivity index (χ3v) is 1.47. The Morgan fingerprint density at radius 3 is 1.86 bits per heavy atom. The molecule has 14 heavy (non-hydrogen) atoms. The van der Waals surface area contributed by atoms with Gasteiger partial charge in [0.05, 0.1) is 0 Å². The summed E-state index contributed by atoms with van der Waals surface area (Å²) in [7, 11) is 0. The van der Waals surface area contributed by atoms with E-state index < -0.39 is 35.2 Å². The lowest BCUT2D eigenvalue weighted by Gasteiger charge is -2.01. The van der Waals surface area contributed by atoms with Gasteiger partial charge in [0, 0.05) is 5.56 Å². The molecule has 1 aromatic carbocycles. The van der Waals surface area contributed by atoms with Crippen LogP contribution in [0.3, 0.4) is 0 Å². The zero-order valence-electron chi connectivity index (χ0n) is 6.53. The molecule has 1 aromatic rings. The molecule has 0 aliphatic heterocycles. The van der Waals surface area contributed by atoms with E-state index in [1.54, 1.807) is 0 Å². The van der Waals surface area contributed by atoms with Gasteiger partial charge in [-0.25, -0.2) is 22.0 Å². The third-order valence-electron chi connectivity index (χ3n) is 1.47. The third kappa shape index (κ3) is 1.89. The Kier molecular flexibility index (Phi) is 2.83. The highest BCUT2D eigenvalue weighted by molar-refractivity contribution is 5.98. The summed E-state index contributed by atoms with van der Waals surface area (Å²) in [5, 5.41) is 0. The van der Waals surface area contributed by atoms with Crippen molar-refractivity contribution in [2.75, 3.05) is 0 Å². The van der Waals surface area contributed by atoms with Crippen molar-refractivity contribution in [3.8, 4) is 0 Å². The van der Waals surface area contributed by atoms with Gasteiger partial charge in [-0.3, -0.25) is 4.79 Å². The first-order chi connectivity index (χ1) is 6.43. The predicted molar refractivity (Wildman–Crippen MR) is 36.7 cm³/mol. The standard InChI is InChI=1S/C8H3F5O/c9-4-1-3(7(14)8(12)13)2-5(10)6(4)11/h1-2,8H. The van der Waals surface area contributed by atoms with Gasteiger partial charge in [0.1, 0.15) is 0 Å². The topological polar surface area (TPSA) is 17.1 Å². The van der Waals surface area contributed by atoms with Crippen LogP contribution in [0.2, 0.25) is 0 Å². The van der Waals surface area contributed by atoms with Crippen molar-refractivity contribution in [2.24, 2.45) is 0 Å². The molecule has 0 N–H and O–H groups in total. The molecular formula is C8H3F5O. The minimum atomic E-state index is -3.38. The average Bonchev–Trinajstić information content (AvgIpc) is 2.12. The molecule has 1 rings (SSSR count). The Labute approximate surface area is 75.2 Å². The van der Waals surface area contributed by atoms with Crippen LogP contribution in [-0.4, -0.2) is 12.2 Å². The molecule has 0 spiro atoms. The quantitative estimate of drug-likeness (QED) is 0.416. The normalized spacial score (nSPS) is 10.7. The number of Topliss-reactive ketones (excluding diaryl/α,β-unsaturated/α-hetero) is 1. The molecule has 0 fully saturated rings. The molecular weight excluding hydrogens is 207 g/mol. The maximum atomic E-state index is 12.5. The first-order valence-corrected chi connectivity index (χ1v) is 3.40. The minimum absolute atomic E-state index is 0.229. The summed E-state index contributed by atoms with van der Waals surface area (Å²) < 4.78 is 60.8. The van der Waals surface area contributed by atoms with Gasteiger partial charge >= 0.3 is 6.43 Å². The fraction of sp³-hybridized carbons (Fsp3) is 0.125. The van der Waals surface area contributed by atoms with E-state index in [1.165, 1.54) is 0 Å². The van der Waals surface area contributed by atoms with E-state index in [2.05, 4.69) is 0 Å². The number of benzene rings is 1. The fourth-order valence-corrected chi connectivity index (χ4v) is 0.824. The van der Waals surface area contributed by atoms with Crippen LogP contribution in [0.15, 0.2) is 12.1 Å². The number of hydrogen-bond acceptors (Lipinski definition) is 1. The summed E-state index contributed by atoms with van der Waals surface area (Å²) in [6.45, 7) is 0. The maximum absolute atomic E-state index is 12.5. The van der Waals surface area contributed by atoms with Crippen LogP contribution >= 0.6 is 0 Å². The van der Waals surface area contributed by atoms with Gasteiger partial charge in [-0.1, -0.05) is 0 Å². The van der Waals surface area contributed by atoms with Gasteiger partial charge in [0.2, 0.25) is 5.78 Å². The maximum Gasteiger partial charge on any atom is 0.300 e. The molecule has 0 heterocycles. The number of carbonyl (C=O) groups is 1. The first-order valence-electron chi connectivity index (χ1n) is 3.40.